The van der Waals surface area contributed by atoms with E-state index in [1.54, 1.807) is 12.4 Å². The second-order valence-corrected chi connectivity index (χ2v) is 6.91. The van der Waals surface area contributed by atoms with Crippen LogP contribution in [0.5, 0.6) is 0 Å². The Bertz CT molecular complexity index is 722. The number of likely N-dealkylation sites (tertiary alicyclic amines) is 1. The first-order valence-corrected chi connectivity index (χ1v) is 8.89. The van der Waals surface area contributed by atoms with E-state index in [9.17, 15) is 4.79 Å². The first-order chi connectivity index (χ1) is 12.2. The number of piperidine rings is 1. The van der Waals surface area contributed by atoms with Crippen LogP contribution in [-0.4, -0.2) is 44.5 Å². The molecule has 2 unspecified atom stereocenters. The molecule has 7 heteroatoms. The van der Waals surface area contributed by atoms with Gasteiger partial charge in [-0.3, -0.25) is 9.78 Å². The van der Waals surface area contributed by atoms with Gasteiger partial charge in [-0.25, -0.2) is 15.8 Å². The molecule has 4 heterocycles. The van der Waals surface area contributed by atoms with Gasteiger partial charge in [-0.05, 0) is 37.0 Å². The van der Waals surface area contributed by atoms with Crippen LogP contribution in [0, 0.1) is 0 Å². The number of aryl methyl sites for hydroxylation is 1. The highest BCUT2D eigenvalue weighted by Crippen LogP contribution is 2.28. The molecular formula is C18H24N6O. The maximum absolute atomic E-state index is 12.8. The van der Waals surface area contributed by atoms with E-state index in [-0.39, 0.29) is 18.0 Å². The van der Waals surface area contributed by atoms with Crippen LogP contribution in [0.15, 0.2) is 36.9 Å². The minimum atomic E-state index is -0.164. The number of hydrogen-bond acceptors (Lipinski definition) is 5. The average Bonchev–Trinajstić information content (AvgIpc) is 3.31. The Morgan fingerprint density at radius 3 is 2.60 bits per heavy atom. The molecule has 25 heavy (non-hydrogen) atoms. The second kappa shape index (κ2) is 6.93. The van der Waals surface area contributed by atoms with Gasteiger partial charge in [0, 0.05) is 56.9 Å². The van der Waals surface area contributed by atoms with Gasteiger partial charge in [-0.1, -0.05) is 0 Å². The summed E-state index contributed by atoms with van der Waals surface area (Å²) in [6, 6.07) is 3.97. The molecule has 0 aliphatic carbocycles. The maximum atomic E-state index is 12.8. The zero-order valence-electron chi connectivity index (χ0n) is 14.4. The molecule has 2 atom stereocenters. The van der Waals surface area contributed by atoms with Crippen LogP contribution in [0.3, 0.4) is 0 Å². The summed E-state index contributed by atoms with van der Waals surface area (Å²) in [6.45, 7) is 1.60. The van der Waals surface area contributed by atoms with Gasteiger partial charge in [-0.2, -0.15) is 0 Å². The largest absolute Gasteiger partial charge is 0.341 e. The molecule has 2 aromatic rings. The number of hydrogen-bond donors (Lipinski definition) is 2. The molecule has 0 saturated carbocycles. The Kier molecular flexibility index (Phi) is 4.50. The third kappa shape index (κ3) is 3.29. The van der Waals surface area contributed by atoms with E-state index < -0.39 is 0 Å². The fourth-order valence-electron chi connectivity index (χ4n) is 3.88. The van der Waals surface area contributed by atoms with Crippen molar-refractivity contribution in [3.05, 3.63) is 48.3 Å². The van der Waals surface area contributed by atoms with E-state index in [4.69, 9.17) is 0 Å². The zero-order valence-corrected chi connectivity index (χ0v) is 14.4. The summed E-state index contributed by atoms with van der Waals surface area (Å²) in [5.74, 6) is 1.77. The highest BCUT2D eigenvalue weighted by molar-refractivity contribution is 5.82. The summed E-state index contributed by atoms with van der Waals surface area (Å²) in [5, 5.41) is 0. The van der Waals surface area contributed by atoms with Crippen LogP contribution in [-0.2, 0) is 11.8 Å². The van der Waals surface area contributed by atoms with Gasteiger partial charge in [0.05, 0.1) is 0 Å². The number of nitrogens with one attached hydrogen (secondary N) is 2. The van der Waals surface area contributed by atoms with Crippen molar-refractivity contribution in [2.75, 3.05) is 13.1 Å². The monoisotopic (exact) mass is 340 g/mol. The Hall–Kier alpha value is -2.25. The number of aromatic nitrogens is 3. The topological polar surface area (TPSA) is 75.1 Å². The first-order valence-electron chi connectivity index (χ1n) is 8.89. The van der Waals surface area contributed by atoms with Crippen LogP contribution >= 0.6 is 0 Å². The molecule has 4 rings (SSSR count). The molecular weight excluding hydrogens is 316 g/mol. The second-order valence-electron chi connectivity index (χ2n) is 6.91. The lowest BCUT2D eigenvalue weighted by Crippen LogP contribution is -2.48. The molecule has 132 valence electrons. The van der Waals surface area contributed by atoms with Gasteiger partial charge < -0.3 is 9.47 Å². The highest BCUT2D eigenvalue weighted by Gasteiger charge is 2.34. The van der Waals surface area contributed by atoms with Crippen LogP contribution in [0.1, 0.15) is 42.6 Å². The summed E-state index contributed by atoms with van der Waals surface area (Å²) in [7, 11) is 2.03. The number of rotatable bonds is 3. The van der Waals surface area contributed by atoms with E-state index in [0.29, 0.717) is 5.92 Å². The number of amides is 1. The van der Waals surface area contributed by atoms with E-state index in [1.165, 1.54) is 0 Å². The van der Waals surface area contributed by atoms with Crippen molar-refractivity contribution in [1.82, 2.24) is 30.3 Å². The van der Waals surface area contributed by atoms with E-state index >= 15 is 0 Å². The van der Waals surface area contributed by atoms with Crippen molar-refractivity contribution in [1.29, 1.82) is 0 Å². The van der Waals surface area contributed by atoms with Crippen LogP contribution in [0.2, 0.25) is 0 Å². The maximum Gasteiger partial charge on any atom is 0.241 e. The SMILES string of the molecule is Cn1ccnc1C1CCN(C(=O)C2CC(c3ccncc3)NN2)CC1. The molecule has 0 bridgehead atoms. The van der Waals surface area contributed by atoms with Crippen LogP contribution in [0.25, 0.3) is 0 Å². The zero-order chi connectivity index (χ0) is 17.2. The predicted molar refractivity (Wildman–Crippen MR) is 93.4 cm³/mol. The summed E-state index contributed by atoms with van der Waals surface area (Å²) >= 11 is 0. The summed E-state index contributed by atoms with van der Waals surface area (Å²) < 4.78 is 2.09. The summed E-state index contributed by atoms with van der Waals surface area (Å²) in [4.78, 5) is 23.3. The summed E-state index contributed by atoms with van der Waals surface area (Å²) in [6.07, 6.45) is 10.1. The van der Waals surface area contributed by atoms with E-state index in [0.717, 1.165) is 43.7 Å². The van der Waals surface area contributed by atoms with Gasteiger partial charge in [0.15, 0.2) is 0 Å². The highest BCUT2D eigenvalue weighted by atomic mass is 16.2. The summed E-state index contributed by atoms with van der Waals surface area (Å²) in [5.41, 5.74) is 7.57. The third-order valence-electron chi connectivity index (χ3n) is 5.34. The van der Waals surface area contributed by atoms with Crippen molar-refractivity contribution in [3.8, 4) is 0 Å². The number of imidazole rings is 1. The lowest BCUT2D eigenvalue weighted by molar-refractivity contribution is -0.134. The molecule has 2 fully saturated rings. The molecule has 2 aliphatic heterocycles. The fraction of sp³-hybridized carbons (Fsp3) is 0.500. The Morgan fingerprint density at radius 2 is 1.92 bits per heavy atom. The molecule has 7 nitrogen and oxygen atoms in total. The van der Waals surface area contributed by atoms with Crippen molar-refractivity contribution < 1.29 is 4.79 Å². The molecule has 2 aromatic heterocycles. The number of carbonyl (C=O) groups excluding carboxylic acids is 1. The van der Waals surface area contributed by atoms with Crippen molar-refractivity contribution in [2.45, 2.75) is 37.3 Å². The van der Waals surface area contributed by atoms with E-state index in [1.807, 2.05) is 36.5 Å². The third-order valence-corrected chi connectivity index (χ3v) is 5.34. The Morgan fingerprint density at radius 1 is 1.16 bits per heavy atom. The number of nitrogens with zero attached hydrogens (tertiary/aromatic N) is 4. The van der Waals surface area contributed by atoms with Gasteiger partial charge in [0.2, 0.25) is 5.91 Å². The predicted octanol–water partition coefficient (Wildman–Crippen LogP) is 1.13. The molecule has 0 radical (unpaired) electrons. The molecule has 2 N–H and O–H groups in total. The number of hydrazine groups is 1. The number of carbonyl (C=O) groups is 1. The van der Waals surface area contributed by atoms with E-state index in [2.05, 4.69) is 25.4 Å². The Labute approximate surface area is 147 Å². The average molecular weight is 340 g/mol. The smallest absolute Gasteiger partial charge is 0.241 e. The molecule has 0 spiro atoms. The van der Waals surface area contributed by atoms with Gasteiger partial charge in [0.1, 0.15) is 11.9 Å². The molecule has 2 saturated heterocycles. The lowest BCUT2D eigenvalue weighted by Gasteiger charge is -2.33. The van der Waals surface area contributed by atoms with Gasteiger partial charge in [0.25, 0.3) is 0 Å². The standard InChI is InChI=1S/C18H24N6O/c1-23-11-8-20-17(23)14-4-9-24(10-5-14)18(25)16-12-15(21-22-16)13-2-6-19-7-3-13/h2-3,6-8,11,14-16,21-22H,4-5,9-10,12H2,1H3. The first kappa shape index (κ1) is 16.2. The van der Waals surface area contributed by atoms with Gasteiger partial charge >= 0.3 is 0 Å². The lowest BCUT2D eigenvalue weighted by atomic mass is 9.95. The molecule has 1 amide bonds. The minimum absolute atomic E-state index is 0.155. The minimum Gasteiger partial charge on any atom is -0.341 e. The van der Waals surface area contributed by atoms with Crippen molar-refractivity contribution in [3.63, 3.8) is 0 Å². The quantitative estimate of drug-likeness (QED) is 0.876. The van der Waals surface area contributed by atoms with Crippen LogP contribution in [0.4, 0.5) is 0 Å². The Balaban J connectivity index is 1.33. The normalized spacial score (nSPS) is 24.6. The van der Waals surface area contributed by atoms with Crippen molar-refractivity contribution >= 4 is 5.91 Å². The van der Waals surface area contributed by atoms with Crippen molar-refractivity contribution in [2.24, 2.45) is 7.05 Å². The van der Waals surface area contributed by atoms with Gasteiger partial charge in [-0.15, -0.1) is 0 Å². The molecule has 0 aromatic carbocycles. The van der Waals surface area contributed by atoms with Crippen LogP contribution < -0.4 is 10.9 Å². The fourth-order valence-corrected chi connectivity index (χ4v) is 3.88. The number of pyridine rings is 1. The molecule has 2 aliphatic rings.